The van der Waals surface area contributed by atoms with Gasteiger partial charge in [0.15, 0.2) is 0 Å². The first-order valence-electron chi connectivity index (χ1n) is 17.7. The number of anilines is 3. The van der Waals surface area contributed by atoms with Crippen LogP contribution in [-0.4, -0.2) is 60.7 Å². The molecule has 7 aromatic rings. The number of ether oxygens (including phenoxy) is 1. The maximum Gasteiger partial charge on any atom is 0.335 e. The summed E-state index contributed by atoms with van der Waals surface area (Å²) in [5.41, 5.74) is 6.97. The summed E-state index contributed by atoms with van der Waals surface area (Å²) in [5.74, 6) is -0.440. The van der Waals surface area contributed by atoms with Gasteiger partial charge in [0.2, 0.25) is 5.91 Å². The van der Waals surface area contributed by atoms with Gasteiger partial charge in [0.1, 0.15) is 10.8 Å². The Labute approximate surface area is 318 Å². The van der Waals surface area contributed by atoms with E-state index in [9.17, 15) is 14.7 Å². The van der Waals surface area contributed by atoms with Crippen LogP contribution in [0.5, 0.6) is 5.75 Å². The molecule has 0 unspecified atom stereocenters. The van der Waals surface area contributed by atoms with Crippen molar-refractivity contribution in [3.05, 3.63) is 150 Å². The number of methoxy groups -OCH3 is 1. The highest BCUT2D eigenvalue weighted by molar-refractivity contribution is 7.21. The van der Waals surface area contributed by atoms with Crippen LogP contribution in [0.4, 0.5) is 17.1 Å². The third kappa shape index (κ3) is 8.86. The largest absolute Gasteiger partial charge is 0.495 e. The summed E-state index contributed by atoms with van der Waals surface area (Å²) in [4.78, 5) is 33.6. The van der Waals surface area contributed by atoms with Crippen LogP contribution in [0.3, 0.4) is 0 Å². The molecule has 1 aromatic heterocycles. The lowest BCUT2D eigenvalue weighted by Gasteiger charge is -2.23. The zero-order valence-corrected chi connectivity index (χ0v) is 31.0. The molecule has 3 N–H and O–H groups in total. The first kappa shape index (κ1) is 36.1. The summed E-state index contributed by atoms with van der Waals surface area (Å²) in [6.45, 7) is 3.40. The smallest absolute Gasteiger partial charge is 0.335 e. The Morgan fingerprint density at radius 1 is 0.796 bits per heavy atom. The molecule has 0 aliphatic rings. The third-order valence-electron chi connectivity index (χ3n) is 9.25. The fourth-order valence-corrected chi connectivity index (χ4v) is 7.45. The normalized spacial score (nSPS) is 11.2. The lowest BCUT2D eigenvalue weighted by molar-refractivity contribution is -0.114. The lowest BCUT2D eigenvalue weighted by atomic mass is 10.1. The molecule has 6 aromatic carbocycles. The Morgan fingerprint density at radius 2 is 1.50 bits per heavy atom. The summed E-state index contributed by atoms with van der Waals surface area (Å²) in [6.07, 6.45) is 0. The first-order valence-corrected chi connectivity index (χ1v) is 18.5. The van der Waals surface area contributed by atoms with Gasteiger partial charge in [-0.3, -0.25) is 9.69 Å². The highest BCUT2D eigenvalue weighted by atomic mass is 32.1. The van der Waals surface area contributed by atoms with Crippen molar-refractivity contribution in [2.24, 2.45) is 0 Å². The van der Waals surface area contributed by atoms with Gasteiger partial charge in [-0.2, -0.15) is 0 Å². The number of fused-ring (bicyclic) bond motifs is 2. The van der Waals surface area contributed by atoms with E-state index in [4.69, 9.17) is 9.72 Å². The van der Waals surface area contributed by atoms with Crippen molar-refractivity contribution < 1.29 is 19.4 Å². The van der Waals surface area contributed by atoms with Crippen molar-refractivity contribution in [3.63, 3.8) is 0 Å². The van der Waals surface area contributed by atoms with Gasteiger partial charge in [0.05, 0.1) is 35.1 Å². The molecule has 0 aliphatic carbocycles. The van der Waals surface area contributed by atoms with Crippen molar-refractivity contribution >= 4 is 61.3 Å². The maximum atomic E-state index is 13.2. The molecular weight excluding hydrogens is 695 g/mol. The van der Waals surface area contributed by atoms with Crippen LogP contribution < -0.4 is 20.3 Å². The number of carboxylic acids is 1. The van der Waals surface area contributed by atoms with Crippen LogP contribution in [-0.2, 0) is 17.9 Å². The molecule has 0 bridgehead atoms. The molecule has 10 heteroatoms. The van der Waals surface area contributed by atoms with Gasteiger partial charge in [-0.15, -0.1) is 11.3 Å². The summed E-state index contributed by atoms with van der Waals surface area (Å²) in [6, 6.07) is 43.9. The number of carbonyl (C=O) groups is 2. The predicted molar refractivity (Wildman–Crippen MR) is 220 cm³/mol. The van der Waals surface area contributed by atoms with Crippen LogP contribution in [0, 0.1) is 0 Å². The SMILES string of the molecule is COc1cc(NC(=O)CN(C)c2ccc3cc(-c4nc5ccc(C(=O)O)cc5s4)ccc3c2)ccc1NCCN(Cc1ccccc1)Cc1ccccc1. The third-order valence-corrected chi connectivity index (χ3v) is 10.3. The molecule has 0 atom stereocenters. The number of nitrogens with one attached hydrogen (secondary N) is 2. The van der Waals surface area contributed by atoms with E-state index in [1.807, 2.05) is 66.5 Å². The molecule has 0 aliphatic heterocycles. The Kier molecular flexibility index (Phi) is 11.1. The average Bonchev–Trinajstić information content (AvgIpc) is 3.62. The van der Waals surface area contributed by atoms with E-state index in [-0.39, 0.29) is 18.0 Å². The summed E-state index contributed by atoms with van der Waals surface area (Å²) in [7, 11) is 3.53. The van der Waals surface area contributed by atoms with Crippen molar-refractivity contribution in [1.29, 1.82) is 0 Å². The van der Waals surface area contributed by atoms with Crippen LogP contribution in [0.1, 0.15) is 21.5 Å². The molecule has 272 valence electrons. The van der Waals surface area contributed by atoms with E-state index in [2.05, 4.69) is 76.2 Å². The standard InChI is InChI=1S/C44H41N5O4S/c1-48(37-18-15-32-23-34(14-13-33(32)24-37)43-47-39-19-16-35(44(51)52)25-41(39)54-43)29-42(50)46-36-17-20-38(40(26-36)53-2)45-21-22-49(27-30-9-5-3-6-10-30)28-31-11-7-4-8-12-31/h3-20,23-26,45H,21-22,27-29H2,1-2H3,(H,46,50)(H,51,52). The summed E-state index contributed by atoms with van der Waals surface area (Å²) >= 11 is 1.47. The van der Waals surface area contributed by atoms with Gasteiger partial charge in [0, 0.05) is 56.2 Å². The summed E-state index contributed by atoms with van der Waals surface area (Å²) < 4.78 is 6.55. The molecule has 1 heterocycles. The van der Waals surface area contributed by atoms with Gasteiger partial charge < -0.3 is 25.4 Å². The molecule has 0 fully saturated rings. The highest BCUT2D eigenvalue weighted by Gasteiger charge is 2.14. The van der Waals surface area contributed by atoms with Gasteiger partial charge in [-0.05, 0) is 70.4 Å². The molecule has 0 radical (unpaired) electrons. The number of hydrogen-bond acceptors (Lipinski definition) is 8. The minimum absolute atomic E-state index is 0.143. The number of carbonyl (C=O) groups excluding carboxylic acids is 1. The minimum atomic E-state index is -0.953. The van der Waals surface area contributed by atoms with Gasteiger partial charge in [0.25, 0.3) is 0 Å². The number of aromatic carboxylic acids is 1. The zero-order chi connectivity index (χ0) is 37.4. The predicted octanol–water partition coefficient (Wildman–Crippen LogP) is 9.01. The van der Waals surface area contributed by atoms with Gasteiger partial charge in [-0.25, -0.2) is 9.78 Å². The van der Waals surface area contributed by atoms with E-state index in [0.717, 1.165) is 69.1 Å². The fourth-order valence-electron chi connectivity index (χ4n) is 6.45. The Balaban J connectivity index is 0.951. The Bertz CT molecular complexity index is 2360. The van der Waals surface area contributed by atoms with Crippen molar-refractivity contribution in [2.45, 2.75) is 13.1 Å². The molecule has 0 saturated heterocycles. The quantitative estimate of drug-likeness (QED) is 0.0959. The second-order valence-corrected chi connectivity index (χ2v) is 14.2. The topological polar surface area (TPSA) is 107 Å². The minimum Gasteiger partial charge on any atom is -0.495 e. The number of likely N-dealkylation sites (N-methyl/N-ethyl adjacent to an activating group) is 1. The van der Waals surface area contributed by atoms with Crippen LogP contribution in [0.25, 0.3) is 31.6 Å². The fraction of sp³-hybridized carbons (Fsp3) is 0.159. The van der Waals surface area contributed by atoms with Gasteiger partial charge >= 0.3 is 5.97 Å². The second-order valence-electron chi connectivity index (χ2n) is 13.2. The van der Waals surface area contributed by atoms with Crippen molar-refractivity contribution in [2.75, 3.05) is 49.3 Å². The molecule has 9 nitrogen and oxygen atoms in total. The molecular formula is C44H41N5O4S. The Hall–Kier alpha value is -6.23. The number of aromatic nitrogens is 1. The second kappa shape index (κ2) is 16.6. The lowest BCUT2D eigenvalue weighted by Crippen LogP contribution is -2.30. The molecule has 1 amide bonds. The zero-order valence-electron chi connectivity index (χ0n) is 30.2. The summed E-state index contributed by atoms with van der Waals surface area (Å²) in [5, 5.41) is 18.8. The monoisotopic (exact) mass is 735 g/mol. The number of carboxylic acid groups (broad SMARTS) is 1. The van der Waals surface area contributed by atoms with Crippen molar-refractivity contribution in [1.82, 2.24) is 9.88 Å². The number of rotatable bonds is 15. The number of nitrogens with zero attached hydrogens (tertiary/aromatic N) is 3. The maximum absolute atomic E-state index is 13.2. The molecule has 54 heavy (non-hydrogen) atoms. The molecule has 0 saturated carbocycles. The van der Waals surface area contributed by atoms with Crippen LogP contribution >= 0.6 is 11.3 Å². The van der Waals surface area contributed by atoms with E-state index < -0.39 is 5.97 Å². The number of benzene rings is 6. The van der Waals surface area contributed by atoms with E-state index in [0.29, 0.717) is 11.4 Å². The number of amides is 1. The highest BCUT2D eigenvalue weighted by Crippen LogP contribution is 2.34. The Morgan fingerprint density at radius 3 is 2.20 bits per heavy atom. The van der Waals surface area contributed by atoms with E-state index >= 15 is 0 Å². The van der Waals surface area contributed by atoms with Crippen LogP contribution in [0.15, 0.2) is 133 Å². The number of hydrogen-bond donors (Lipinski definition) is 3. The average molecular weight is 736 g/mol. The van der Waals surface area contributed by atoms with Crippen LogP contribution in [0.2, 0.25) is 0 Å². The number of thiazole rings is 1. The van der Waals surface area contributed by atoms with E-state index in [1.165, 1.54) is 22.5 Å². The first-order chi connectivity index (χ1) is 26.3. The molecule has 0 spiro atoms. The van der Waals surface area contributed by atoms with E-state index in [1.54, 1.807) is 25.3 Å². The molecule has 7 rings (SSSR count). The van der Waals surface area contributed by atoms with Crippen molar-refractivity contribution in [3.8, 4) is 16.3 Å². The van der Waals surface area contributed by atoms with Gasteiger partial charge in [-0.1, -0.05) is 78.9 Å².